The Morgan fingerprint density at radius 2 is 1.65 bits per heavy atom. The maximum absolute atomic E-state index is 12.4. The van der Waals surface area contributed by atoms with E-state index >= 15 is 0 Å². The Morgan fingerprint density at radius 3 is 2.12 bits per heavy atom. The summed E-state index contributed by atoms with van der Waals surface area (Å²) >= 11 is 0. The third kappa shape index (κ3) is 4.66. The van der Waals surface area contributed by atoms with E-state index in [1.807, 2.05) is 30.3 Å². The van der Waals surface area contributed by atoms with Crippen LogP contribution in [0.5, 0.6) is 0 Å². The first-order valence-corrected chi connectivity index (χ1v) is 12.1. The maximum atomic E-state index is 12.4. The van der Waals surface area contributed by atoms with Crippen LogP contribution in [0.1, 0.15) is 64.7 Å². The summed E-state index contributed by atoms with van der Waals surface area (Å²) in [7, 11) is -1.85. The minimum absolute atomic E-state index is 0.0720. The fourth-order valence-corrected chi connectivity index (χ4v) is 10.1. The molecule has 3 nitrogen and oxygen atoms in total. The number of piperidine rings is 1. The summed E-state index contributed by atoms with van der Waals surface area (Å²) in [5.41, 5.74) is 3.56. The highest BCUT2D eigenvalue weighted by atomic mass is 28.4. The number of hydrogen-bond donors (Lipinski definition) is 1. The molecule has 1 N–H and O–H groups in total. The number of carbonyl (C=O) groups is 1. The minimum atomic E-state index is -1.85. The Kier molecular flexibility index (Phi) is 7.24. The van der Waals surface area contributed by atoms with E-state index in [0.717, 1.165) is 30.6 Å². The Bertz CT molecular complexity index is 591. The van der Waals surface area contributed by atoms with Gasteiger partial charge in [-0.25, -0.2) is 0 Å². The van der Waals surface area contributed by atoms with E-state index in [2.05, 4.69) is 46.9 Å². The predicted molar refractivity (Wildman–Crippen MR) is 112 cm³/mol. The third-order valence-corrected chi connectivity index (χ3v) is 11.9. The van der Waals surface area contributed by atoms with Gasteiger partial charge in [0.05, 0.1) is 6.10 Å². The van der Waals surface area contributed by atoms with Crippen LogP contribution in [0.25, 0.3) is 0 Å². The van der Waals surface area contributed by atoms with Crippen LogP contribution in [0, 0.1) is 0 Å². The van der Waals surface area contributed by atoms with Crippen LogP contribution < -0.4 is 5.32 Å². The van der Waals surface area contributed by atoms with Crippen LogP contribution in [0.3, 0.4) is 0 Å². The van der Waals surface area contributed by atoms with Gasteiger partial charge in [-0.05, 0) is 29.5 Å². The summed E-state index contributed by atoms with van der Waals surface area (Å²) in [6.45, 7) is 14.8. The lowest BCUT2D eigenvalue weighted by Gasteiger charge is -2.45. The molecule has 144 valence electrons. The zero-order valence-electron chi connectivity index (χ0n) is 17.2. The van der Waals surface area contributed by atoms with Gasteiger partial charge < -0.3 is 9.74 Å². The first-order chi connectivity index (χ1) is 12.3. The summed E-state index contributed by atoms with van der Waals surface area (Å²) in [6.07, 6.45) is 3.87. The molecule has 1 aliphatic rings. The molecule has 0 saturated carbocycles. The zero-order valence-corrected chi connectivity index (χ0v) is 18.2. The standard InChI is InChI=1S/C22H35NO2Si/c1-16(2)26(17(3)4,18(5)6)25-21-13-12-20(23-15-21)14-22(24)19-10-8-7-9-11-19/h7-11,14,16-18,21,23H,12-13,15H2,1-6H3/b20-14+/t21-/m0/s1. The molecule has 26 heavy (non-hydrogen) atoms. The average Bonchev–Trinajstić information content (AvgIpc) is 2.60. The van der Waals surface area contributed by atoms with E-state index in [0.29, 0.717) is 16.6 Å². The lowest BCUT2D eigenvalue weighted by molar-refractivity contribution is 0.104. The Balaban J connectivity index is 2.01. The molecule has 1 saturated heterocycles. The summed E-state index contributed by atoms with van der Waals surface area (Å²) in [5, 5.41) is 3.45. The average molecular weight is 374 g/mol. The van der Waals surface area contributed by atoms with E-state index in [9.17, 15) is 4.79 Å². The van der Waals surface area contributed by atoms with Gasteiger partial charge in [-0.1, -0.05) is 71.9 Å². The maximum Gasteiger partial charge on any atom is 0.200 e. The number of allylic oxidation sites excluding steroid dienone is 2. The second kappa shape index (κ2) is 9.00. The summed E-state index contributed by atoms with van der Waals surface area (Å²) in [4.78, 5) is 12.4. The van der Waals surface area contributed by atoms with Gasteiger partial charge in [-0.2, -0.15) is 0 Å². The normalized spacial score (nSPS) is 20.0. The second-order valence-electron chi connectivity index (χ2n) is 8.38. The van der Waals surface area contributed by atoms with Crippen molar-refractivity contribution in [3.05, 3.63) is 47.7 Å². The Labute approximate surface area is 160 Å². The van der Waals surface area contributed by atoms with Gasteiger partial charge in [0.2, 0.25) is 8.32 Å². The molecule has 0 amide bonds. The van der Waals surface area contributed by atoms with E-state index in [1.165, 1.54) is 0 Å². The first kappa shape index (κ1) is 20.9. The number of nitrogens with one attached hydrogen (secondary N) is 1. The molecule has 1 heterocycles. The van der Waals surface area contributed by atoms with Crippen LogP contribution in [0.2, 0.25) is 16.6 Å². The van der Waals surface area contributed by atoms with E-state index in [4.69, 9.17) is 4.43 Å². The Hall–Kier alpha value is -1.39. The Morgan fingerprint density at radius 1 is 1.08 bits per heavy atom. The molecule has 0 unspecified atom stereocenters. The first-order valence-electron chi connectivity index (χ1n) is 9.99. The van der Waals surface area contributed by atoms with E-state index in [-0.39, 0.29) is 11.9 Å². The highest BCUT2D eigenvalue weighted by Crippen LogP contribution is 2.43. The van der Waals surface area contributed by atoms with Crippen molar-refractivity contribution >= 4 is 14.1 Å². The largest absolute Gasteiger partial charge is 0.411 e. The lowest BCUT2D eigenvalue weighted by atomic mass is 10.0. The molecule has 1 aromatic rings. The van der Waals surface area contributed by atoms with Crippen molar-refractivity contribution in [2.75, 3.05) is 6.54 Å². The molecule has 0 radical (unpaired) electrons. The van der Waals surface area contributed by atoms with Crippen LogP contribution in [0.15, 0.2) is 42.1 Å². The number of hydrogen-bond acceptors (Lipinski definition) is 3. The van der Waals surface area contributed by atoms with Gasteiger partial charge in [0.15, 0.2) is 5.78 Å². The zero-order chi connectivity index (χ0) is 19.3. The number of benzene rings is 1. The molecule has 0 aromatic heterocycles. The van der Waals surface area contributed by atoms with Crippen molar-refractivity contribution in [1.29, 1.82) is 0 Å². The minimum Gasteiger partial charge on any atom is -0.411 e. The molecule has 1 aliphatic heterocycles. The number of rotatable bonds is 7. The molecule has 1 atom stereocenters. The van der Waals surface area contributed by atoms with Gasteiger partial charge in [0, 0.05) is 23.9 Å². The van der Waals surface area contributed by atoms with Gasteiger partial charge in [-0.3, -0.25) is 4.79 Å². The molecule has 0 bridgehead atoms. The van der Waals surface area contributed by atoms with Crippen molar-refractivity contribution in [1.82, 2.24) is 5.32 Å². The van der Waals surface area contributed by atoms with Crippen molar-refractivity contribution in [2.45, 2.75) is 77.1 Å². The third-order valence-electron chi connectivity index (χ3n) is 5.73. The summed E-state index contributed by atoms with van der Waals surface area (Å²) < 4.78 is 6.87. The van der Waals surface area contributed by atoms with Gasteiger partial charge >= 0.3 is 0 Å². The fourth-order valence-electron chi connectivity index (χ4n) is 4.52. The van der Waals surface area contributed by atoms with Crippen LogP contribution in [-0.4, -0.2) is 26.7 Å². The highest BCUT2D eigenvalue weighted by Gasteiger charge is 2.46. The molecule has 1 aromatic carbocycles. The second-order valence-corrected chi connectivity index (χ2v) is 13.8. The summed E-state index contributed by atoms with van der Waals surface area (Å²) in [5.74, 6) is 0.0720. The fraction of sp³-hybridized carbons (Fsp3) is 0.591. The molecule has 1 fully saturated rings. The SMILES string of the molecule is CC(C)[Si](O[C@H]1CC/C(=C\C(=O)c2ccccc2)NC1)(C(C)C)C(C)C. The van der Waals surface area contributed by atoms with Gasteiger partial charge in [0.1, 0.15) is 0 Å². The van der Waals surface area contributed by atoms with Crippen LogP contribution in [-0.2, 0) is 4.43 Å². The monoisotopic (exact) mass is 373 g/mol. The molecule has 2 rings (SSSR count). The van der Waals surface area contributed by atoms with Crippen LogP contribution in [0.4, 0.5) is 0 Å². The van der Waals surface area contributed by atoms with E-state index in [1.54, 1.807) is 6.08 Å². The topological polar surface area (TPSA) is 38.3 Å². The smallest absolute Gasteiger partial charge is 0.200 e. The molecule has 0 aliphatic carbocycles. The quantitative estimate of drug-likeness (QED) is 0.379. The van der Waals surface area contributed by atoms with Crippen molar-refractivity contribution < 1.29 is 9.22 Å². The molecular weight excluding hydrogens is 338 g/mol. The molecular formula is C22H35NO2Si. The summed E-state index contributed by atoms with van der Waals surface area (Å²) in [6, 6.07) is 9.46. The predicted octanol–water partition coefficient (Wildman–Crippen LogP) is 5.70. The molecule has 0 spiro atoms. The van der Waals surface area contributed by atoms with Gasteiger partial charge in [-0.15, -0.1) is 0 Å². The van der Waals surface area contributed by atoms with E-state index < -0.39 is 8.32 Å². The van der Waals surface area contributed by atoms with Gasteiger partial charge in [0.25, 0.3) is 0 Å². The van der Waals surface area contributed by atoms with Crippen molar-refractivity contribution in [3.63, 3.8) is 0 Å². The lowest BCUT2D eigenvalue weighted by Crippen LogP contribution is -2.52. The van der Waals surface area contributed by atoms with Crippen molar-refractivity contribution in [3.8, 4) is 0 Å². The number of carbonyl (C=O) groups excluding carboxylic acids is 1. The highest BCUT2D eigenvalue weighted by molar-refractivity contribution is 6.77. The van der Waals surface area contributed by atoms with Crippen LogP contribution >= 0.6 is 0 Å². The number of ketones is 1. The van der Waals surface area contributed by atoms with Crippen molar-refractivity contribution in [2.24, 2.45) is 0 Å². The molecule has 4 heteroatoms.